The second-order valence-corrected chi connectivity index (χ2v) is 15.1. The highest BCUT2D eigenvalue weighted by molar-refractivity contribution is 7.89. The van der Waals surface area contributed by atoms with Gasteiger partial charge in [0.15, 0.2) is 0 Å². The van der Waals surface area contributed by atoms with Crippen molar-refractivity contribution in [3.63, 3.8) is 0 Å². The Morgan fingerprint density at radius 3 is 1.13 bits per heavy atom. The minimum Gasteiger partial charge on any atom is -0.497 e. The summed E-state index contributed by atoms with van der Waals surface area (Å²) in [5.74, 6) is 1.26. The number of hydrogen-bond donors (Lipinski definition) is 0. The van der Waals surface area contributed by atoms with E-state index in [9.17, 15) is 16.8 Å². The summed E-state index contributed by atoms with van der Waals surface area (Å²) < 4.78 is 71.1. The number of hydrogen-bond acceptors (Lipinski definition) is 6. The standard InChI is InChI=1S/C36H38N2O6S2/c1-25-7-19-33(20-8-25)45(39,40)37(23-29-11-15-31(43-5)16-12-29)35-27(3)28(4)36(35)38(24-30-13-17-32(44-6)18-14-30)46(41,42)34-21-9-26(2)10-22-34/h7-22,35-36H,3-4,23-24H2,1-2,5-6H3/t35-,36-/m1/s1. The van der Waals surface area contributed by atoms with Crippen molar-refractivity contribution in [2.45, 2.75) is 48.8 Å². The summed E-state index contributed by atoms with van der Waals surface area (Å²) in [6, 6.07) is 25.6. The molecule has 1 fully saturated rings. The van der Waals surface area contributed by atoms with Gasteiger partial charge in [-0.05, 0) is 84.7 Å². The Morgan fingerprint density at radius 2 is 0.848 bits per heavy atom. The third-order valence-electron chi connectivity index (χ3n) is 8.30. The largest absolute Gasteiger partial charge is 0.497 e. The van der Waals surface area contributed by atoms with E-state index in [0.29, 0.717) is 33.8 Å². The van der Waals surface area contributed by atoms with Gasteiger partial charge in [-0.15, -0.1) is 0 Å². The van der Waals surface area contributed by atoms with Gasteiger partial charge in [0.05, 0.1) is 36.1 Å². The van der Waals surface area contributed by atoms with E-state index < -0.39 is 32.1 Å². The number of methoxy groups -OCH3 is 2. The van der Waals surface area contributed by atoms with Crippen LogP contribution in [0, 0.1) is 13.8 Å². The van der Waals surface area contributed by atoms with Crippen LogP contribution < -0.4 is 9.47 Å². The number of sulfonamides is 2. The van der Waals surface area contributed by atoms with E-state index in [4.69, 9.17) is 9.47 Å². The lowest BCUT2D eigenvalue weighted by molar-refractivity contribution is 0.195. The number of nitrogens with zero attached hydrogens (tertiary/aromatic N) is 2. The molecule has 2 atom stereocenters. The fourth-order valence-electron chi connectivity index (χ4n) is 5.51. The van der Waals surface area contributed by atoms with Gasteiger partial charge in [-0.25, -0.2) is 16.8 Å². The summed E-state index contributed by atoms with van der Waals surface area (Å²) >= 11 is 0. The molecular weight excluding hydrogens is 621 g/mol. The molecule has 8 nitrogen and oxygen atoms in total. The number of benzene rings is 4. The SMILES string of the molecule is C=C1C(=C)[C@@H](N(Cc2ccc(OC)cc2)S(=O)(=O)c2ccc(C)cc2)[C@@H]1N(Cc1ccc(OC)cc1)S(=O)(=O)c1ccc(C)cc1. The molecule has 0 aliphatic heterocycles. The van der Waals surface area contributed by atoms with Crippen molar-refractivity contribution < 1.29 is 26.3 Å². The molecule has 1 saturated carbocycles. The summed E-state index contributed by atoms with van der Waals surface area (Å²) in [5, 5.41) is 0. The highest BCUT2D eigenvalue weighted by atomic mass is 32.2. The fraction of sp³-hybridized carbons (Fsp3) is 0.222. The molecule has 0 amide bonds. The Morgan fingerprint density at radius 1 is 0.543 bits per heavy atom. The minimum absolute atomic E-state index is 0.0331. The molecule has 46 heavy (non-hydrogen) atoms. The molecule has 0 aromatic heterocycles. The van der Waals surface area contributed by atoms with Crippen LogP contribution in [-0.2, 0) is 33.1 Å². The van der Waals surface area contributed by atoms with Crippen molar-refractivity contribution in [1.29, 1.82) is 0 Å². The molecule has 4 aromatic carbocycles. The first-order valence-electron chi connectivity index (χ1n) is 14.7. The maximum Gasteiger partial charge on any atom is 0.244 e. The van der Waals surface area contributed by atoms with Crippen LogP contribution in [0.25, 0.3) is 0 Å². The van der Waals surface area contributed by atoms with E-state index in [0.717, 1.165) is 11.1 Å². The van der Waals surface area contributed by atoms with Gasteiger partial charge in [0.25, 0.3) is 0 Å². The first-order chi connectivity index (χ1) is 21.9. The third kappa shape index (κ3) is 6.52. The van der Waals surface area contributed by atoms with Crippen LogP contribution in [0.15, 0.2) is 131 Å². The van der Waals surface area contributed by atoms with Gasteiger partial charge in [-0.1, -0.05) is 72.8 Å². The summed E-state index contributed by atoms with van der Waals surface area (Å²) in [4.78, 5) is 0.192. The lowest BCUT2D eigenvalue weighted by atomic mass is 9.76. The van der Waals surface area contributed by atoms with Crippen molar-refractivity contribution in [1.82, 2.24) is 8.61 Å². The zero-order chi connectivity index (χ0) is 33.2. The topological polar surface area (TPSA) is 93.2 Å². The lowest BCUT2D eigenvalue weighted by Gasteiger charge is -2.50. The highest BCUT2D eigenvalue weighted by Crippen LogP contribution is 2.44. The monoisotopic (exact) mass is 658 g/mol. The average Bonchev–Trinajstić information content (AvgIpc) is 3.06. The average molecular weight is 659 g/mol. The van der Waals surface area contributed by atoms with Crippen LogP contribution in [0.4, 0.5) is 0 Å². The van der Waals surface area contributed by atoms with Crippen LogP contribution in [0.1, 0.15) is 22.3 Å². The molecule has 1 aliphatic carbocycles. The van der Waals surface area contributed by atoms with Gasteiger partial charge >= 0.3 is 0 Å². The van der Waals surface area contributed by atoms with E-state index in [1.54, 1.807) is 111 Å². The zero-order valence-electron chi connectivity index (χ0n) is 26.4. The molecule has 0 spiro atoms. The zero-order valence-corrected chi connectivity index (χ0v) is 28.0. The molecule has 4 aromatic rings. The van der Waals surface area contributed by atoms with Crippen molar-refractivity contribution in [2.75, 3.05) is 14.2 Å². The second-order valence-electron chi connectivity index (χ2n) is 11.4. The van der Waals surface area contributed by atoms with Gasteiger partial charge < -0.3 is 9.47 Å². The Hall–Kier alpha value is -4.22. The first-order valence-corrected chi connectivity index (χ1v) is 17.6. The Balaban J connectivity index is 1.64. The maximum absolute atomic E-state index is 14.5. The maximum atomic E-state index is 14.5. The molecule has 10 heteroatoms. The molecular formula is C36H38N2O6S2. The fourth-order valence-corrected chi connectivity index (χ4v) is 8.73. The molecule has 1 aliphatic rings. The summed E-state index contributed by atoms with van der Waals surface area (Å²) in [5.41, 5.74) is 4.12. The van der Waals surface area contributed by atoms with Crippen LogP contribution in [-0.4, -0.2) is 51.7 Å². The molecule has 240 valence electrons. The predicted octanol–water partition coefficient (Wildman–Crippen LogP) is 6.27. The van der Waals surface area contributed by atoms with Crippen molar-refractivity contribution in [2.24, 2.45) is 0 Å². The quantitative estimate of drug-likeness (QED) is 0.178. The Bertz CT molecular complexity index is 1790. The number of rotatable bonds is 12. The normalized spacial score (nSPS) is 16.8. The van der Waals surface area contributed by atoms with Crippen LogP contribution in [0.2, 0.25) is 0 Å². The van der Waals surface area contributed by atoms with E-state index in [2.05, 4.69) is 13.2 Å². The van der Waals surface area contributed by atoms with E-state index in [1.807, 2.05) is 13.8 Å². The van der Waals surface area contributed by atoms with Crippen LogP contribution in [0.3, 0.4) is 0 Å². The molecule has 0 saturated heterocycles. The molecule has 0 N–H and O–H groups in total. The predicted molar refractivity (Wildman–Crippen MR) is 180 cm³/mol. The lowest BCUT2D eigenvalue weighted by Crippen LogP contribution is -2.62. The van der Waals surface area contributed by atoms with E-state index >= 15 is 0 Å². The third-order valence-corrected chi connectivity index (χ3v) is 12.0. The van der Waals surface area contributed by atoms with Crippen molar-refractivity contribution >= 4 is 20.0 Å². The van der Waals surface area contributed by atoms with Crippen molar-refractivity contribution in [3.05, 3.63) is 144 Å². The van der Waals surface area contributed by atoms with Gasteiger partial charge in [0, 0.05) is 13.1 Å². The summed E-state index contributed by atoms with van der Waals surface area (Å²) in [6.45, 7) is 12.1. The minimum atomic E-state index is -4.15. The Kier molecular flexibility index (Phi) is 9.55. The van der Waals surface area contributed by atoms with Gasteiger partial charge in [0.2, 0.25) is 20.0 Å². The summed E-state index contributed by atoms with van der Waals surface area (Å²) in [7, 11) is -5.18. The van der Waals surface area contributed by atoms with E-state index in [-0.39, 0.29) is 22.9 Å². The van der Waals surface area contributed by atoms with Gasteiger partial charge in [0.1, 0.15) is 11.5 Å². The van der Waals surface area contributed by atoms with E-state index in [1.165, 1.54) is 8.61 Å². The summed E-state index contributed by atoms with van der Waals surface area (Å²) in [6.07, 6.45) is 0. The van der Waals surface area contributed by atoms with Crippen LogP contribution in [0.5, 0.6) is 11.5 Å². The Labute approximate surface area is 272 Å². The molecule has 0 radical (unpaired) electrons. The smallest absolute Gasteiger partial charge is 0.244 e. The van der Waals surface area contributed by atoms with Gasteiger partial charge in [-0.2, -0.15) is 8.61 Å². The van der Waals surface area contributed by atoms with Gasteiger partial charge in [-0.3, -0.25) is 0 Å². The number of ether oxygens (including phenoxy) is 2. The second kappa shape index (κ2) is 13.3. The highest BCUT2D eigenvalue weighted by Gasteiger charge is 2.52. The van der Waals surface area contributed by atoms with Crippen LogP contribution >= 0.6 is 0 Å². The first kappa shape index (κ1) is 33.2. The molecule has 0 bridgehead atoms. The molecule has 0 unspecified atom stereocenters. The molecule has 0 heterocycles. The number of aryl methyl sites for hydroxylation is 2. The molecule has 5 rings (SSSR count). The van der Waals surface area contributed by atoms with Crippen molar-refractivity contribution in [3.8, 4) is 11.5 Å².